The Morgan fingerprint density at radius 1 is 1.44 bits per heavy atom. The molecule has 0 atom stereocenters. The van der Waals surface area contributed by atoms with Crippen LogP contribution in [0.15, 0.2) is 30.5 Å². The molecule has 1 heterocycles. The van der Waals surface area contributed by atoms with Gasteiger partial charge in [0.25, 0.3) is 0 Å². The van der Waals surface area contributed by atoms with Crippen LogP contribution in [0.2, 0.25) is 0 Å². The van der Waals surface area contributed by atoms with Crippen molar-refractivity contribution in [2.45, 2.75) is 5.75 Å². The van der Waals surface area contributed by atoms with E-state index < -0.39 is 5.97 Å². The van der Waals surface area contributed by atoms with Crippen molar-refractivity contribution in [2.24, 2.45) is 0 Å². The lowest BCUT2D eigenvalue weighted by Gasteiger charge is -2.07. The highest BCUT2D eigenvalue weighted by atomic mass is 32.2. The molecular formula is C12H11NO2S. The number of carbonyl (C=O) groups is 1. The fourth-order valence-corrected chi connectivity index (χ4v) is 2.23. The molecule has 0 bridgehead atoms. The molecule has 0 aliphatic rings. The van der Waals surface area contributed by atoms with Gasteiger partial charge in [-0.25, -0.2) is 4.79 Å². The number of pyridine rings is 1. The summed E-state index contributed by atoms with van der Waals surface area (Å²) in [5.74, 6) is -0.220. The van der Waals surface area contributed by atoms with Crippen LogP contribution in [-0.4, -0.2) is 22.3 Å². The van der Waals surface area contributed by atoms with E-state index in [4.69, 9.17) is 0 Å². The fourth-order valence-electron chi connectivity index (χ4n) is 1.70. The Kier molecular flexibility index (Phi) is 3.10. The number of carboxylic acid groups (broad SMARTS) is 1. The standard InChI is InChI=1S/C12H11NO2S/c1-16-7-8-6-13-10-5-3-2-4-9(10)11(8)12(14)15/h2-6H,7H2,1H3,(H,14,15). The smallest absolute Gasteiger partial charge is 0.336 e. The number of fused-ring (bicyclic) bond motifs is 1. The average Bonchev–Trinajstić information content (AvgIpc) is 2.28. The number of hydrogen-bond acceptors (Lipinski definition) is 3. The van der Waals surface area contributed by atoms with E-state index in [-0.39, 0.29) is 0 Å². The van der Waals surface area contributed by atoms with Crippen molar-refractivity contribution in [1.82, 2.24) is 4.98 Å². The molecule has 4 heteroatoms. The van der Waals surface area contributed by atoms with E-state index in [1.807, 2.05) is 24.5 Å². The van der Waals surface area contributed by atoms with E-state index in [2.05, 4.69) is 4.98 Å². The molecule has 0 fully saturated rings. The lowest BCUT2D eigenvalue weighted by molar-refractivity contribution is 0.0698. The maximum absolute atomic E-state index is 11.3. The van der Waals surface area contributed by atoms with Gasteiger partial charge in [0.2, 0.25) is 0 Å². The minimum absolute atomic E-state index is 0.375. The summed E-state index contributed by atoms with van der Waals surface area (Å²) >= 11 is 1.59. The van der Waals surface area contributed by atoms with Gasteiger partial charge in [0.05, 0.1) is 11.1 Å². The summed E-state index contributed by atoms with van der Waals surface area (Å²) in [4.78, 5) is 15.5. The lowest BCUT2D eigenvalue weighted by Crippen LogP contribution is -2.04. The zero-order valence-corrected chi connectivity index (χ0v) is 9.62. The first-order valence-corrected chi connectivity index (χ1v) is 6.22. The number of rotatable bonds is 3. The Balaban J connectivity index is 2.73. The largest absolute Gasteiger partial charge is 0.478 e. The van der Waals surface area contributed by atoms with Crippen molar-refractivity contribution in [3.8, 4) is 0 Å². The minimum Gasteiger partial charge on any atom is -0.478 e. The van der Waals surface area contributed by atoms with E-state index >= 15 is 0 Å². The monoisotopic (exact) mass is 233 g/mol. The zero-order chi connectivity index (χ0) is 11.5. The van der Waals surface area contributed by atoms with Crippen LogP contribution in [0.1, 0.15) is 15.9 Å². The van der Waals surface area contributed by atoms with Gasteiger partial charge in [-0.2, -0.15) is 11.8 Å². The van der Waals surface area contributed by atoms with Gasteiger partial charge in [-0.15, -0.1) is 0 Å². The summed E-state index contributed by atoms with van der Waals surface area (Å²) in [5.41, 5.74) is 1.88. The lowest BCUT2D eigenvalue weighted by atomic mass is 10.0. The van der Waals surface area contributed by atoms with Crippen molar-refractivity contribution in [1.29, 1.82) is 0 Å². The van der Waals surface area contributed by atoms with Crippen LogP contribution in [0.4, 0.5) is 0 Å². The van der Waals surface area contributed by atoms with Gasteiger partial charge in [0.15, 0.2) is 0 Å². The van der Waals surface area contributed by atoms with Gasteiger partial charge in [-0.1, -0.05) is 18.2 Å². The van der Waals surface area contributed by atoms with Crippen LogP contribution < -0.4 is 0 Å². The van der Waals surface area contributed by atoms with Gasteiger partial charge in [0.1, 0.15) is 0 Å². The third-order valence-corrected chi connectivity index (χ3v) is 2.97. The highest BCUT2D eigenvalue weighted by molar-refractivity contribution is 7.97. The summed E-state index contributed by atoms with van der Waals surface area (Å²) < 4.78 is 0. The van der Waals surface area contributed by atoms with E-state index in [1.165, 1.54) is 0 Å². The third-order valence-electron chi connectivity index (χ3n) is 2.37. The number of carboxylic acids is 1. The number of hydrogen-bond donors (Lipinski definition) is 1. The predicted molar refractivity (Wildman–Crippen MR) is 65.9 cm³/mol. The van der Waals surface area contributed by atoms with Crippen molar-refractivity contribution < 1.29 is 9.90 Å². The second-order valence-corrected chi connectivity index (χ2v) is 4.28. The SMILES string of the molecule is CSCc1cnc2ccccc2c1C(=O)O. The number of aromatic carboxylic acids is 1. The normalized spacial score (nSPS) is 10.6. The number of aromatic nitrogens is 1. The molecule has 2 rings (SSSR count). The molecule has 0 aliphatic heterocycles. The molecule has 82 valence electrons. The molecule has 0 saturated carbocycles. The molecule has 0 radical (unpaired) electrons. The molecule has 0 unspecified atom stereocenters. The molecule has 16 heavy (non-hydrogen) atoms. The second-order valence-electron chi connectivity index (χ2n) is 3.41. The van der Waals surface area contributed by atoms with Crippen LogP contribution in [-0.2, 0) is 5.75 Å². The number of para-hydroxylation sites is 1. The van der Waals surface area contributed by atoms with E-state index in [0.717, 1.165) is 11.1 Å². The molecule has 0 spiro atoms. The highest BCUT2D eigenvalue weighted by Gasteiger charge is 2.14. The Labute approximate surface area is 97.5 Å². The summed E-state index contributed by atoms with van der Waals surface area (Å²) in [6.45, 7) is 0. The summed E-state index contributed by atoms with van der Waals surface area (Å²) in [5, 5.41) is 9.96. The summed E-state index contributed by atoms with van der Waals surface area (Å²) in [6, 6.07) is 7.31. The van der Waals surface area contributed by atoms with E-state index in [0.29, 0.717) is 16.7 Å². The fraction of sp³-hybridized carbons (Fsp3) is 0.167. The van der Waals surface area contributed by atoms with Gasteiger partial charge in [-0.3, -0.25) is 4.98 Å². The summed E-state index contributed by atoms with van der Waals surface area (Å²) in [6.07, 6.45) is 3.60. The predicted octanol–water partition coefficient (Wildman–Crippen LogP) is 2.80. The van der Waals surface area contributed by atoms with Gasteiger partial charge < -0.3 is 5.11 Å². The number of benzene rings is 1. The maximum atomic E-state index is 11.3. The average molecular weight is 233 g/mol. The quantitative estimate of drug-likeness (QED) is 0.885. The molecule has 2 aromatic rings. The molecule has 1 aromatic heterocycles. The first kappa shape index (κ1) is 11.0. The van der Waals surface area contributed by atoms with Crippen LogP contribution >= 0.6 is 11.8 Å². The Bertz CT molecular complexity index is 540. The molecule has 0 saturated heterocycles. The first-order chi connectivity index (χ1) is 7.74. The van der Waals surface area contributed by atoms with Gasteiger partial charge in [0, 0.05) is 17.3 Å². The Morgan fingerprint density at radius 3 is 2.88 bits per heavy atom. The Hall–Kier alpha value is -1.55. The van der Waals surface area contributed by atoms with Crippen molar-refractivity contribution >= 4 is 28.6 Å². The van der Waals surface area contributed by atoms with E-state index in [9.17, 15) is 9.90 Å². The molecule has 0 aliphatic carbocycles. The first-order valence-electron chi connectivity index (χ1n) is 4.83. The maximum Gasteiger partial charge on any atom is 0.336 e. The molecular weight excluding hydrogens is 222 g/mol. The minimum atomic E-state index is -0.886. The van der Waals surface area contributed by atoms with Crippen LogP contribution in [0, 0.1) is 0 Å². The second kappa shape index (κ2) is 4.53. The van der Waals surface area contributed by atoms with Gasteiger partial charge in [-0.05, 0) is 17.9 Å². The number of nitrogens with zero attached hydrogens (tertiary/aromatic N) is 1. The highest BCUT2D eigenvalue weighted by Crippen LogP contribution is 2.22. The van der Waals surface area contributed by atoms with Gasteiger partial charge >= 0.3 is 5.97 Å². The molecule has 1 aromatic carbocycles. The van der Waals surface area contributed by atoms with E-state index in [1.54, 1.807) is 24.0 Å². The topological polar surface area (TPSA) is 50.2 Å². The Morgan fingerprint density at radius 2 is 2.19 bits per heavy atom. The van der Waals surface area contributed by atoms with Crippen molar-refractivity contribution in [2.75, 3.05) is 6.26 Å². The van der Waals surface area contributed by atoms with Crippen LogP contribution in [0.3, 0.4) is 0 Å². The van der Waals surface area contributed by atoms with Crippen molar-refractivity contribution in [3.05, 3.63) is 41.6 Å². The molecule has 3 nitrogen and oxygen atoms in total. The third kappa shape index (κ3) is 1.88. The van der Waals surface area contributed by atoms with Crippen molar-refractivity contribution in [3.63, 3.8) is 0 Å². The summed E-state index contributed by atoms with van der Waals surface area (Å²) in [7, 11) is 0. The zero-order valence-electron chi connectivity index (χ0n) is 8.80. The number of thioether (sulfide) groups is 1. The van der Waals surface area contributed by atoms with Crippen LogP contribution in [0.25, 0.3) is 10.9 Å². The van der Waals surface area contributed by atoms with Crippen LogP contribution in [0.5, 0.6) is 0 Å². The molecule has 1 N–H and O–H groups in total. The molecule has 0 amide bonds.